The fourth-order valence-electron chi connectivity index (χ4n) is 1.20. The van der Waals surface area contributed by atoms with E-state index in [0.717, 1.165) is 0 Å². The summed E-state index contributed by atoms with van der Waals surface area (Å²) in [4.78, 5) is 17.2. The van der Waals surface area contributed by atoms with Gasteiger partial charge in [0.1, 0.15) is 6.07 Å². The van der Waals surface area contributed by atoms with Crippen molar-refractivity contribution in [3.05, 3.63) is 29.6 Å². The lowest BCUT2D eigenvalue weighted by Crippen LogP contribution is -1.94. The Morgan fingerprint density at radius 2 is 2.36 bits per heavy atom. The molecule has 0 aliphatic carbocycles. The van der Waals surface area contributed by atoms with E-state index in [1.54, 1.807) is 6.07 Å². The number of hydrogen-bond donors (Lipinski definition) is 2. The van der Waals surface area contributed by atoms with Crippen LogP contribution in [0.2, 0.25) is 0 Å². The Kier molecular flexibility index (Phi) is 1.68. The number of fused-ring (bicyclic) bond motifs is 1. The molecule has 1 aromatic heterocycles. The largest absolute Gasteiger partial charge is 0.478 e. The minimum Gasteiger partial charge on any atom is -0.478 e. The molecular formula is C9H5N3O2. The minimum absolute atomic E-state index is 0.172. The molecule has 0 aliphatic rings. The number of hydrogen-bond acceptors (Lipinski definition) is 3. The van der Waals surface area contributed by atoms with Crippen molar-refractivity contribution in [3.63, 3.8) is 0 Å². The second kappa shape index (κ2) is 2.85. The molecule has 0 radical (unpaired) electrons. The fraction of sp³-hybridized carbons (Fsp3) is 0. The van der Waals surface area contributed by atoms with Crippen molar-refractivity contribution in [1.82, 2.24) is 9.97 Å². The standard InChI is InChI=1S/C9H5N3O2/c10-4-8-11-6-2-1-5(9(13)14)3-7(6)12-8/h1-3H,(H,11,12)(H,13,14). The van der Waals surface area contributed by atoms with Crippen LogP contribution < -0.4 is 0 Å². The number of nitriles is 1. The average molecular weight is 187 g/mol. The molecule has 1 heterocycles. The van der Waals surface area contributed by atoms with Crippen molar-refractivity contribution in [3.8, 4) is 6.07 Å². The molecule has 0 atom stereocenters. The summed E-state index contributed by atoms with van der Waals surface area (Å²) in [5, 5.41) is 17.3. The van der Waals surface area contributed by atoms with E-state index in [2.05, 4.69) is 9.97 Å². The Bertz CT molecular complexity index is 551. The predicted molar refractivity (Wildman–Crippen MR) is 47.8 cm³/mol. The van der Waals surface area contributed by atoms with Crippen LogP contribution in [0.1, 0.15) is 16.2 Å². The van der Waals surface area contributed by atoms with Gasteiger partial charge in [-0.3, -0.25) is 0 Å². The van der Waals surface area contributed by atoms with Gasteiger partial charge in [-0.1, -0.05) is 0 Å². The Morgan fingerprint density at radius 3 is 3.00 bits per heavy atom. The molecule has 0 spiro atoms. The predicted octanol–water partition coefficient (Wildman–Crippen LogP) is 1.13. The summed E-state index contributed by atoms with van der Waals surface area (Å²) in [6.07, 6.45) is 0. The Hall–Kier alpha value is -2.35. The van der Waals surface area contributed by atoms with Gasteiger partial charge in [0.15, 0.2) is 0 Å². The van der Waals surface area contributed by atoms with Gasteiger partial charge < -0.3 is 10.1 Å². The molecule has 0 fully saturated rings. The Balaban J connectivity index is 2.66. The molecule has 1 aromatic carbocycles. The lowest BCUT2D eigenvalue weighted by molar-refractivity contribution is 0.0697. The van der Waals surface area contributed by atoms with Gasteiger partial charge in [-0.05, 0) is 18.2 Å². The second-order valence-electron chi connectivity index (χ2n) is 2.73. The van der Waals surface area contributed by atoms with Crippen LogP contribution in [-0.2, 0) is 0 Å². The molecule has 0 amide bonds. The van der Waals surface area contributed by atoms with E-state index in [9.17, 15) is 4.79 Å². The Morgan fingerprint density at radius 1 is 1.57 bits per heavy atom. The van der Waals surface area contributed by atoms with E-state index in [1.165, 1.54) is 12.1 Å². The first kappa shape index (κ1) is 8.26. The van der Waals surface area contributed by atoms with Gasteiger partial charge >= 0.3 is 5.97 Å². The quantitative estimate of drug-likeness (QED) is 0.700. The highest BCUT2D eigenvalue weighted by atomic mass is 16.4. The second-order valence-corrected chi connectivity index (χ2v) is 2.73. The van der Waals surface area contributed by atoms with E-state index < -0.39 is 5.97 Å². The number of rotatable bonds is 1. The molecule has 0 saturated heterocycles. The van der Waals surface area contributed by atoms with E-state index >= 15 is 0 Å². The van der Waals surface area contributed by atoms with Gasteiger partial charge in [0.05, 0.1) is 16.6 Å². The van der Waals surface area contributed by atoms with Crippen molar-refractivity contribution in [2.45, 2.75) is 0 Å². The maximum absolute atomic E-state index is 10.6. The lowest BCUT2D eigenvalue weighted by Gasteiger charge is -1.92. The van der Waals surface area contributed by atoms with Gasteiger partial charge in [0, 0.05) is 0 Å². The van der Waals surface area contributed by atoms with Crippen molar-refractivity contribution >= 4 is 17.0 Å². The van der Waals surface area contributed by atoms with Gasteiger partial charge in [-0.2, -0.15) is 5.26 Å². The molecular weight excluding hydrogens is 182 g/mol. The summed E-state index contributed by atoms with van der Waals surface area (Å²) in [6.45, 7) is 0. The van der Waals surface area contributed by atoms with Crippen LogP contribution in [0.25, 0.3) is 11.0 Å². The number of benzene rings is 1. The minimum atomic E-state index is -1.000. The number of nitrogens with zero attached hydrogens (tertiary/aromatic N) is 2. The highest BCUT2D eigenvalue weighted by Crippen LogP contribution is 2.13. The zero-order valence-corrected chi connectivity index (χ0v) is 6.98. The average Bonchev–Trinajstić information content (AvgIpc) is 2.58. The molecule has 2 N–H and O–H groups in total. The number of H-pyrrole nitrogens is 1. The molecule has 0 bridgehead atoms. The van der Waals surface area contributed by atoms with Crippen LogP contribution in [0.3, 0.4) is 0 Å². The third-order valence-electron chi connectivity index (χ3n) is 1.83. The molecule has 2 rings (SSSR count). The van der Waals surface area contributed by atoms with Crippen molar-refractivity contribution in [2.24, 2.45) is 0 Å². The molecule has 0 aliphatic heterocycles. The summed E-state index contributed by atoms with van der Waals surface area (Å²) in [5.41, 5.74) is 1.32. The molecule has 0 saturated carbocycles. The van der Waals surface area contributed by atoms with Crippen LogP contribution in [0.15, 0.2) is 18.2 Å². The summed E-state index contributed by atoms with van der Waals surface area (Å²) >= 11 is 0. The summed E-state index contributed by atoms with van der Waals surface area (Å²) in [6, 6.07) is 6.32. The number of nitrogens with one attached hydrogen (secondary N) is 1. The zero-order chi connectivity index (χ0) is 10.1. The molecule has 68 valence electrons. The number of aromatic amines is 1. The number of imidazole rings is 1. The molecule has 14 heavy (non-hydrogen) atoms. The Labute approximate surface area is 78.6 Å². The molecule has 5 heteroatoms. The number of aromatic nitrogens is 2. The summed E-state index contributed by atoms with van der Waals surface area (Å²) < 4.78 is 0. The van der Waals surface area contributed by atoms with Crippen LogP contribution in [0, 0.1) is 11.3 Å². The smallest absolute Gasteiger partial charge is 0.335 e. The molecule has 0 unspecified atom stereocenters. The third kappa shape index (κ3) is 1.19. The van der Waals surface area contributed by atoms with E-state index in [-0.39, 0.29) is 11.4 Å². The molecule has 5 nitrogen and oxygen atoms in total. The van der Waals surface area contributed by atoms with Crippen LogP contribution in [-0.4, -0.2) is 21.0 Å². The van der Waals surface area contributed by atoms with E-state index in [0.29, 0.717) is 11.0 Å². The SMILES string of the molecule is N#Cc1nc2ccc(C(=O)O)cc2[nH]1. The van der Waals surface area contributed by atoms with E-state index in [1.807, 2.05) is 6.07 Å². The number of carbonyl (C=O) groups is 1. The monoisotopic (exact) mass is 187 g/mol. The third-order valence-corrected chi connectivity index (χ3v) is 1.83. The normalized spacial score (nSPS) is 9.93. The lowest BCUT2D eigenvalue weighted by atomic mass is 10.2. The topological polar surface area (TPSA) is 89.8 Å². The summed E-state index contributed by atoms with van der Waals surface area (Å²) in [5.74, 6) is -0.817. The number of carboxylic acids is 1. The first-order chi connectivity index (χ1) is 6.70. The number of carboxylic acid groups (broad SMARTS) is 1. The van der Waals surface area contributed by atoms with Gasteiger partial charge in [-0.25, -0.2) is 9.78 Å². The van der Waals surface area contributed by atoms with Crippen molar-refractivity contribution in [2.75, 3.05) is 0 Å². The van der Waals surface area contributed by atoms with Crippen molar-refractivity contribution in [1.29, 1.82) is 5.26 Å². The van der Waals surface area contributed by atoms with Crippen LogP contribution in [0.5, 0.6) is 0 Å². The zero-order valence-electron chi connectivity index (χ0n) is 6.98. The maximum atomic E-state index is 10.6. The maximum Gasteiger partial charge on any atom is 0.335 e. The highest BCUT2D eigenvalue weighted by Gasteiger charge is 2.06. The fourth-order valence-corrected chi connectivity index (χ4v) is 1.20. The van der Waals surface area contributed by atoms with Gasteiger partial charge in [0.25, 0.3) is 0 Å². The van der Waals surface area contributed by atoms with Crippen LogP contribution >= 0.6 is 0 Å². The van der Waals surface area contributed by atoms with Crippen molar-refractivity contribution < 1.29 is 9.90 Å². The van der Waals surface area contributed by atoms with E-state index in [4.69, 9.17) is 10.4 Å². The summed E-state index contributed by atoms with van der Waals surface area (Å²) in [7, 11) is 0. The van der Waals surface area contributed by atoms with Gasteiger partial charge in [-0.15, -0.1) is 0 Å². The number of aromatic carboxylic acids is 1. The molecule has 2 aromatic rings. The first-order valence-electron chi connectivity index (χ1n) is 3.84. The highest BCUT2D eigenvalue weighted by molar-refractivity contribution is 5.92. The first-order valence-corrected chi connectivity index (χ1v) is 3.84. The van der Waals surface area contributed by atoms with Gasteiger partial charge in [0.2, 0.25) is 5.82 Å². The van der Waals surface area contributed by atoms with Crippen LogP contribution in [0.4, 0.5) is 0 Å².